The Balaban J connectivity index is 2.01. The van der Waals surface area contributed by atoms with Crippen LogP contribution in [0.5, 0.6) is 0 Å². The molecule has 0 bridgehead atoms. The van der Waals surface area contributed by atoms with Gasteiger partial charge in [-0.25, -0.2) is 0 Å². The molecule has 0 spiro atoms. The molecule has 2 nitrogen and oxygen atoms in total. The van der Waals surface area contributed by atoms with Crippen LogP contribution in [0.15, 0.2) is 54.6 Å². The number of carbonyl (C=O) groups is 2. The van der Waals surface area contributed by atoms with Crippen LogP contribution in [-0.2, 0) is 9.59 Å². The van der Waals surface area contributed by atoms with Gasteiger partial charge in [-0.1, -0.05) is 42.0 Å². The number of allylic oxidation sites excluding steroid dienone is 4. The maximum Gasteiger partial charge on any atom is 0.186 e. The van der Waals surface area contributed by atoms with Crippen LogP contribution in [0.25, 0.3) is 16.7 Å². The van der Waals surface area contributed by atoms with Crippen molar-refractivity contribution in [1.82, 2.24) is 0 Å². The molecule has 2 heteroatoms. The van der Waals surface area contributed by atoms with Crippen LogP contribution in [0.3, 0.4) is 0 Å². The fourth-order valence-electron chi connectivity index (χ4n) is 3.19. The summed E-state index contributed by atoms with van der Waals surface area (Å²) in [4.78, 5) is 23.4. The number of benzene rings is 2. The highest BCUT2D eigenvalue weighted by molar-refractivity contribution is 6.33. The monoisotopic (exact) mass is 302 g/mol. The second-order valence-corrected chi connectivity index (χ2v) is 6.01. The Kier molecular flexibility index (Phi) is 3.83. The van der Waals surface area contributed by atoms with Crippen LogP contribution < -0.4 is 0 Å². The van der Waals surface area contributed by atoms with Gasteiger partial charge in [-0.05, 0) is 66.8 Å². The number of rotatable bonds is 2. The first kappa shape index (κ1) is 15.2. The summed E-state index contributed by atoms with van der Waals surface area (Å²) in [5.74, 6) is -0.269. The molecular weight excluding hydrogens is 284 g/mol. The van der Waals surface area contributed by atoms with E-state index in [-0.39, 0.29) is 11.6 Å². The Morgan fingerprint density at radius 3 is 1.91 bits per heavy atom. The Labute approximate surface area is 136 Å². The molecule has 0 aromatic heterocycles. The molecule has 0 heterocycles. The van der Waals surface area contributed by atoms with Gasteiger partial charge in [0.25, 0.3) is 0 Å². The number of hydrogen-bond acceptors (Lipinski definition) is 2. The van der Waals surface area contributed by atoms with Gasteiger partial charge in [-0.3, -0.25) is 9.59 Å². The van der Waals surface area contributed by atoms with Gasteiger partial charge in [0.15, 0.2) is 11.6 Å². The lowest BCUT2D eigenvalue weighted by Crippen LogP contribution is -2.06. The van der Waals surface area contributed by atoms with Crippen LogP contribution in [-0.4, -0.2) is 11.6 Å². The summed E-state index contributed by atoms with van der Waals surface area (Å²) >= 11 is 0. The maximum absolute atomic E-state index is 11.9. The molecule has 0 radical (unpaired) electrons. The molecule has 0 saturated carbocycles. The maximum atomic E-state index is 11.9. The van der Waals surface area contributed by atoms with Crippen molar-refractivity contribution < 1.29 is 9.59 Å². The minimum Gasteiger partial charge on any atom is -0.290 e. The highest BCUT2D eigenvalue weighted by Gasteiger charge is 2.15. The van der Waals surface area contributed by atoms with Crippen molar-refractivity contribution in [3.8, 4) is 11.1 Å². The zero-order valence-corrected chi connectivity index (χ0v) is 13.5. The van der Waals surface area contributed by atoms with Crippen molar-refractivity contribution in [3.05, 3.63) is 76.9 Å². The Bertz CT molecular complexity index is 842. The molecule has 0 saturated heterocycles. The summed E-state index contributed by atoms with van der Waals surface area (Å²) in [6, 6.07) is 12.2. The van der Waals surface area contributed by atoms with E-state index in [1.54, 1.807) is 0 Å². The summed E-state index contributed by atoms with van der Waals surface area (Å²) in [6.07, 6.45) is 4.04. The van der Waals surface area contributed by atoms with Crippen molar-refractivity contribution in [2.75, 3.05) is 0 Å². The predicted octanol–water partition coefficient (Wildman–Crippen LogP) is 4.37. The lowest BCUT2D eigenvalue weighted by Gasteiger charge is -2.13. The van der Waals surface area contributed by atoms with Gasteiger partial charge in [0.05, 0.1) is 0 Å². The SMILES string of the molecule is Cc1cc(C)c(-c2ccc(C3=CC(=O)C=CC3=O)cc2)c(C)c1. The molecule has 3 rings (SSSR count). The highest BCUT2D eigenvalue weighted by atomic mass is 16.1. The zero-order chi connectivity index (χ0) is 16.6. The van der Waals surface area contributed by atoms with Gasteiger partial charge in [-0.15, -0.1) is 0 Å². The summed E-state index contributed by atoms with van der Waals surface area (Å²) in [5, 5.41) is 0. The highest BCUT2D eigenvalue weighted by Crippen LogP contribution is 2.30. The average Bonchev–Trinajstić information content (AvgIpc) is 2.49. The number of hydrogen-bond donors (Lipinski definition) is 0. The Morgan fingerprint density at radius 2 is 1.30 bits per heavy atom. The Hall–Kier alpha value is -2.74. The first-order valence-electron chi connectivity index (χ1n) is 7.62. The minimum absolute atomic E-state index is 0.125. The Morgan fingerprint density at radius 1 is 0.739 bits per heavy atom. The fourth-order valence-corrected chi connectivity index (χ4v) is 3.19. The van der Waals surface area contributed by atoms with Crippen molar-refractivity contribution in [3.63, 3.8) is 0 Å². The quantitative estimate of drug-likeness (QED) is 0.772. The lowest BCUT2D eigenvalue weighted by molar-refractivity contribution is -0.113. The molecule has 0 aliphatic heterocycles. The van der Waals surface area contributed by atoms with E-state index >= 15 is 0 Å². The largest absolute Gasteiger partial charge is 0.290 e. The molecule has 114 valence electrons. The van der Waals surface area contributed by atoms with E-state index in [0.717, 1.165) is 11.1 Å². The minimum atomic E-state index is -0.145. The molecule has 1 aliphatic rings. The second-order valence-electron chi connectivity index (χ2n) is 6.01. The summed E-state index contributed by atoms with van der Waals surface area (Å²) in [5.41, 5.74) is 7.31. The summed E-state index contributed by atoms with van der Waals surface area (Å²) in [6.45, 7) is 6.32. The van der Waals surface area contributed by atoms with E-state index in [4.69, 9.17) is 0 Å². The second kappa shape index (κ2) is 5.81. The van der Waals surface area contributed by atoms with Gasteiger partial charge in [0.2, 0.25) is 0 Å². The van der Waals surface area contributed by atoms with Crippen molar-refractivity contribution in [2.24, 2.45) is 0 Å². The fraction of sp³-hybridized carbons (Fsp3) is 0.143. The number of aryl methyl sites for hydroxylation is 3. The van der Waals surface area contributed by atoms with Gasteiger partial charge >= 0.3 is 0 Å². The molecular formula is C21H18O2. The van der Waals surface area contributed by atoms with E-state index in [2.05, 4.69) is 32.9 Å². The van der Waals surface area contributed by atoms with Crippen LogP contribution in [0.4, 0.5) is 0 Å². The zero-order valence-electron chi connectivity index (χ0n) is 13.5. The van der Waals surface area contributed by atoms with Crippen LogP contribution in [0.1, 0.15) is 22.3 Å². The molecule has 0 atom stereocenters. The van der Waals surface area contributed by atoms with Crippen molar-refractivity contribution in [2.45, 2.75) is 20.8 Å². The van der Waals surface area contributed by atoms with Gasteiger partial charge in [0, 0.05) is 5.57 Å². The molecule has 0 fully saturated rings. The smallest absolute Gasteiger partial charge is 0.186 e. The predicted molar refractivity (Wildman–Crippen MR) is 93.2 cm³/mol. The first-order chi connectivity index (χ1) is 11.0. The molecule has 0 unspecified atom stereocenters. The van der Waals surface area contributed by atoms with E-state index < -0.39 is 0 Å². The van der Waals surface area contributed by atoms with Gasteiger partial charge in [-0.2, -0.15) is 0 Å². The average molecular weight is 302 g/mol. The third-order valence-electron chi connectivity index (χ3n) is 4.11. The molecule has 0 N–H and O–H groups in total. The van der Waals surface area contributed by atoms with E-state index in [1.807, 2.05) is 24.3 Å². The van der Waals surface area contributed by atoms with Gasteiger partial charge < -0.3 is 0 Å². The lowest BCUT2D eigenvalue weighted by atomic mass is 9.91. The van der Waals surface area contributed by atoms with E-state index in [9.17, 15) is 9.59 Å². The number of carbonyl (C=O) groups excluding carboxylic acids is 2. The van der Waals surface area contributed by atoms with Gasteiger partial charge in [0.1, 0.15) is 0 Å². The number of ketones is 2. The van der Waals surface area contributed by atoms with Crippen LogP contribution in [0, 0.1) is 20.8 Å². The third kappa shape index (κ3) is 2.93. The normalized spacial score (nSPS) is 14.1. The van der Waals surface area contributed by atoms with Crippen LogP contribution in [0.2, 0.25) is 0 Å². The molecule has 23 heavy (non-hydrogen) atoms. The first-order valence-corrected chi connectivity index (χ1v) is 7.62. The van der Waals surface area contributed by atoms with Crippen molar-refractivity contribution >= 4 is 17.1 Å². The van der Waals surface area contributed by atoms with Crippen molar-refractivity contribution in [1.29, 1.82) is 0 Å². The summed E-state index contributed by atoms with van der Waals surface area (Å²) < 4.78 is 0. The van der Waals surface area contributed by atoms with E-state index in [0.29, 0.717) is 5.57 Å². The molecule has 0 amide bonds. The van der Waals surface area contributed by atoms with Crippen LogP contribution >= 0.6 is 0 Å². The molecule has 2 aromatic rings. The topological polar surface area (TPSA) is 34.1 Å². The standard InChI is InChI=1S/C21H18O2/c1-13-10-14(2)21(15(3)11-13)17-6-4-16(5-7-17)19-12-18(22)8-9-20(19)23/h4-12H,1-3H3. The van der Waals surface area contributed by atoms with E-state index in [1.165, 1.54) is 40.5 Å². The summed E-state index contributed by atoms with van der Waals surface area (Å²) in [7, 11) is 0. The molecule has 1 aliphatic carbocycles. The third-order valence-corrected chi connectivity index (χ3v) is 4.11. The molecule has 2 aromatic carbocycles.